The van der Waals surface area contributed by atoms with Gasteiger partial charge in [-0.2, -0.15) is 0 Å². The summed E-state index contributed by atoms with van der Waals surface area (Å²) in [5.74, 6) is 0.716. The second kappa shape index (κ2) is 7.68. The van der Waals surface area contributed by atoms with E-state index in [0.29, 0.717) is 29.5 Å². The number of carbonyl (C=O) groups excluding carboxylic acids is 2. The molecule has 0 heterocycles. The van der Waals surface area contributed by atoms with Crippen LogP contribution in [0.5, 0.6) is 5.75 Å². The first-order chi connectivity index (χ1) is 10.6. The maximum Gasteiger partial charge on any atom is 0.316 e. The number of hydrogen-bond donors (Lipinski definition) is 3. The van der Waals surface area contributed by atoms with Crippen LogP contribution in [0, 0.1) is 5.92 Å². The number of urea groups is 1. The van der Waals surface area contributed by atoms with Gasteiger partial charge in [-0.25, -0.2) is 4.79 Å². The lowest BCUT2D eigenvalue weighted by Gasteiger charge is -2.22. The summed E-state index contributed by atoms with van der Waals surface area (Å²) in [5.41, 5.74) is 5.83. The molecule has 1 fully saturated rings. The maximum atomic E-state index is 12.4. The predicted octanol–water partition coefficient (Wildman–Crippen LogP) is 2.50. The average Bonchev–Trinajstić information content (AvgIpc) is 2.53. The number of para-hydroxylation sites is 1. The molecule has 0 spiro atoms. The van der Waals surface area contributed by atoms with Crippen molar-refractivity contribution >= 4 is 17.6 Å². The highest BCUT2D eigenvalue weighted by Gasteiger charge is 2.19. The second-order valence-electron chi connectivity index (χ2n) is 5.59. The van der Waals surface area contributed by atoms with E-state index in [0.717, 1.165) is 12.8 Å². The Morgan fingerprint density at radius 1 is 1.27 bits per heavy atom. The van der Waals surface area contributed by atoms with Gasteiger partial charge >= 0.3 is 6.03 Å². The number of carbonyl (C=O) groups is 2. The first-order valence-electron chi connectivity index (χ1n) is 7.63. The molecule has 1 aromatic rings. The third-order valence-corrected chi connectivity index (χ3v) is 4.02. The van der Waals surface area contributed by atoms with Crippen molar-refractivity contribution < 1.29 is 14.3 Å². The molecule has 22 heavy (non-hydrogen) atoms. The number of primary amides is 1. The summed E-state index contributed by atoms with van der Waals surface area (Å²) in [5, 5.41) is 5.41. The summed E-state index contributed by atoms with van der Waals surface area (Å²) >= 11 is 0. The largest absolute Gasteiger partial charge is 0.495 e. The average molecular weight is 305 g/mol. The summed E-state index contributed by atoms with van der Waals surface area (Å²) in [6.45, 7) is 0.659. The SMILES string of the molecule is COc1cccc(C(=O)NCC2CCCCC2)c1NC(N)=O. The minimum atomic E-state index is -0.731. The Hall–Kier alpha value is -2.24. The van der Waals surface area contributed by atoms with E-state index in [1.807, 2.05) is 0 Å². The molecule has 6 nitrogen and oxygen atoms in total. The first-order valence-corrected chi connectivity index (χ1v) is 7.63. The molecule has 0 aliphatic heterocycles. The molecule has 0 atom stereocenters. The Balaban J connectivity index is 2.08. The van der Waals surface area contributed by atoms with E-state index in [2.05, 4.69) is 10.6 Å². The van der Waals surface area contributed by atoms with Gasteiger partial charge in [-0.05, 0) is 30.9 Å². The number of hydrogen-bond acceptors (Lipinski definition) is 3. The Kier molecular flexibility index (Phi) is 5.63. The topological polar surface area (TPSA) is 93.4 Å². The third kappa shape index (κ3) is 4.13. The van der Waals surface area contributed by atoms with Gasteiger partial charge in [-0.15, -0.1) is 0 Å². The Labute approximate surface area is 130 Å². The molecule has 120 valence electrons. The summed E-state index contributed by atoms with van der Waals surface area (Å²) < 4.78 is 5.18. The van der Waals surface area contributed by atoms with Gasteiger partial charge in [-0.1, -0.05) is 25.3 Å². The highest BCUT2D eigenvalue weighted by molar-refractivity contribution is 6.04. The van der Waals surface area contributed by atoms with Crippen molar-refractivity contribution in [3.05, 3.63) is 23.8 Å². The molecular formula is C16H23N3O3. The van der Waals surface area contributed by atoms with Gasteiger partial charge < -0.3 is 21.1 Å². The van der Waals surface area contributed by atoms with Gasteiger partial charge in [0.05, 0.1) is 18.4 Å². The van der Waals surface area contributed by atoms with Crippen LogP contribution < -0.4 is 21.1 Å². The van der Waals surface area contributed by atoms with Gasteiger partial charge in [0.1, 0.15) is 5.75 Å². The first kappa shape index (κ1) is 16.1. The number of ether oxygens (including phenoxy) is 1. The standard InChI is InChI=1S/C16H23N3O3/c1-22-13-9-5-8-12(14(13)19-16(17)21)15(20)18-10-11-6-3-2-4-7-11/h5,8-9,11H,2-4,6-7,10H2,1H3,(H,18,20)(H3,17,19,21). The van der Waals surface area contributed by atoms with Crippen LogP contribution >= 0.6 is 0 Å². The van der Waals surface area contributed by atoms with Crippen LogP contribution in [0.15, 0.2) is 18.2 Å². The minimum absolute atomic E-state index is 0.228. The lowest BCUT2D eigenvalue weighted by atomic mass is 9.89. The summed E-state index contributed by atoms with van der Waals surface area (Å²) in [4.78, 5) is 23.5. The molecular weight excluding hydrogens is 282 g/mol. The lowest BCUT2D eigenvalue weighted by Crippen LogP contribution is -2.31. The van der Waals surface area contributed by atoms with Gasteiger partial charge in [0.25, 0.3) is 5.91 Å². The number of nitrogens with two attached hydrogens (primary N) is 1. The van der Waals surface area contributed by atoms with Crippen LogP contribution in [-0.4, -0.2) is 25.6 Å². The van der Waals surface area contributed by atoms with Crippen molar-refractivity contribution in [2.45, 2.75) is 32.1 Å². The van der Waals surface area contributed by atoms with Crippen LogP contribution in [0.1, 0.15) is 42.5 Å². The molecule has 1 saturated carbocycles. The number of amides is 3. The van der Waals surface area contributed by atoms with Crippen LogP contribution in [0.2, 0.25) is 0 Å². The number of benzene rings is 1. The van der Waals surface area contributed by atoms with E-state index in [9.17, 15) is 9.59 Å². The highest BCUT2D eigenvalue weighted by Crippen LogP contribution is 2.28. The van der Waals surface area contributed by atoms with E-state index in [4.69, 9.17) is 10.5 Å². The number of nitrogens with one attached hydrogen (secondary N) is 2. The smallest absolute Gasteiger partial charge is 0.316 e. The quantitative estimate of drug-likeness (QED) is 0.780. The number of anilines is 1. The molecule has 0 unspecified atom stereocenters. The minimum Gasteiger partial charge on any atom is -0.495 e. The number of methoxy groups -OCH3 is 1. The zero-order valence-electron chi connectivity index (χ0n) is 12.9. The molecule has 1 aliphatic rings. The fourth-order valence-corrected chi connectivity index (χ4v) is 2.87. The molecule has 1 aliphatic carbocycles. The van der Waals surface area contributed by atoms with Gasteiger partial charge in [-0.3, -0.25) is 4.79 Å². The van der Waals surface area contributed by atoms with E-state index < -0.39 is 6.03 Å². The fraction of sp³-hybridized carbons (Fsp3) is 0.500. The third-order valence-electron chi connectivity index (χ3n) is 4.02. The van der Waals surface area contributed by atoms with Crippen molar-refractivity contribution in [3.63, 3.8) is 0 Å². The van der Waals surface area contributed by atoms with Crippen molar-refractivity contribution in [2.75, 3.05) is 19.0 Å². The van der Waals surface area contributed by atoms with Crippen LogP contribution in [0.25, 0.3) is 0 Å². The molecule has 1 aromatic carbocycles. The van der Waals surface area contributed by atoms with Crippen LogP contribution in [-0.2, 0) is 0 Å². The summed E-state index contributed by atoms with van der Waals surface area (Å²) in [7, 11) is 1.48. The molecule has 6 heteroatoms. The van der Waals surface area contributed by atoms with E-state index in [-0.39, 0.29) is 5.91 Å². The lowest BCUT2D eigenvalue weighted by molar-refractivity contribution is 0.0944. The molecule has 0 aromatic heterocycles. The molecule has 4 N–H and O–H groups in total. The Morgan fingerprint density at radius 2 is 2.00 bits per heavy atom. The highest BCUT2D eigenvalue weighted by atomic mass is 16.5. The van der Waals surface area contributed by atoms with Crippen molar-refractivity contribution in [2.24, 2.45) is 11.7 Å². The zero-order valence-corrected chi connectivity index (χ0v) is 12.9. The maximum absolute atomic E-state index is 12.4. The van der Waals surface area contributed by atoms with E-state index in [1.165, 1.54) is 26.4 Å². The van der Waals surface area contributed by atoms with Crippen molar-refractivity contribution in [1.82, 2.24) is 5.32 Å². The Morgan fingerprint density at radius 3 is 2.64 bits per heavy atom. The fourth-order valence-electron chi connectivity index (χ4n) is 2.87. The van der Waals surface area contributed by atoms with E-state index in [1.54, 1.807) is 18.2 Å². The van der Waals surface area contributed by atoms with E-state index >= 15 is 0 Å². The molecule has 0 radical (unpaired) electrons. The van der Waals surface area contributed by atoms with Gasteiger partial charge in [0.15, 0.2) is 0 Å². The molecule has 3 amide bonds. The van der Waals surface area contributed by atoms with Crippen molar-refractivity contribution in [1.29, 1.82) is 0 Å². The molecule has 0 bridgehead atoms. The summed E-state index contributed by atoms with van der Waals surface area (Å²) in [6, 6.07) is 4.29. The van der Waals surface area contributed by atoms with Crippen LogP contribution in [0.4, 0.5) is 10.5 Å². The van der Waals surface area contributed by atoms with Crippen molar-refractivity contribution in [3.8, 4) is 5.75 Å². The summed E-state index contributed by atoms with van der Waals surface area (Å²) in [6.07, 6.45) is 6.06. The van der Waals surface area contributed by atoms with Gasteiger partial charge in [0, 0.05) is 6.54 Å². The molecule has 2 rings (SSSR count). The number of rotatable bonds is 5. The Bertz CT molecular complexity index is 539. The normalized spacial score (nSPS) is 15.1. The predicted molar refractivity (Wildman–Crippen MR) is 85.1 cm³/mol. The monoisotopic (exact) mass is 305 g/mol. The zero-order chi connectivity index (χ0) is 15.9. The molecule has 0 saturated heterocycles. The van der Waals surface area contributed by atoms with Crippen LogP contribution in [0.3, 0.4) is 0 Å². The second-order valence-corrected chi connectivity index (χ2v) is 5.59. The van der Waals surface area contributed by atoms with Gasteiger partial charge in [0.2, 0.25) is 0 Å².